The van der Waals surface area contributed by atoms with Crippen LogP contribution in [0.1, 0.15) is 111 Å². The van der Waals surface area contributed by atoms with Crippen LogP contribution in [0.4, 0.5) is 0 Å². The summed E-state index contributed by atoms with van der Waals surface area (Å²) in [4.78, 5) is 0. The summed E-state index contributed by atoms with van der Waals surface area (Å²) in [5.74, 6) is 0. The molecule has 2 N–H and O–H groups in total. The van der Waals surface area contributed by atoms with Gasteiger partial charge in [0.15, 0.2) is 0 Å². The molecule has 0 saturated carbocycles. The minimum absolute atomic E-state index is 0.870. The van der Waals surface area contributed by atoms with Crippen molar-refractivity contribution in [1.82, 2.24) is 5.32 Å². The Morgan fingerprint density at radius 3 is 1.58 bits per heavy atom. The first-order valence-electron chi connectivity index (χ1n) is 13.5. The van der Waals surface area contributed by atoms with Crippen molar-refractivity contribution in [2.75, 3.05) is 46.9 Å². The molecular formula is C26H57N2O4S+. The van der Waals surface area contributed by atoms with Gasteiger partial charge in [-0.2, -0.15) is 8.42 Å². The highest BCUT2D eigenvalue weighted by Crippen LogP contribution is 2.13. The number of quaternary nitrogens is 1. The number of nitrogens with one attached hydrogen (secondary N) is 1. The molecule has 0 bridgehead atoms. The molecule has 7 heteroatoms. The van der Waals surface area contributed by atoms with Crippen LogP contribution in [0.3, 0.4) is 0 Å². The molecule has 200 valence electrons. The summed E-state index contributed by atoms with van der Waals surface area (Å²) < 4.78 is 31.0. The van der Waals surface area contributed by atoms with Crippen LogP contribution in [0.15, 0.2) is 12.2 Å². The van der Waals surface area contributed by atoms with Gasteiger partial charge in [0.05, 0.1) is 33.3 Å². The van der Waals surface area contributed by atoms with Gasteiger partial charge < -0.3 is 9.80 Å². The summed E-state index contributed by atoms with van der Waals surface area (Å²) >= 11 is 0. The maximum absolute atomic E-state index is 9.33. The zero-order valence-corrected chi connectivity index (χ0v) is 23.4. The third-order valence-corrected chi connectivity index (χ3v) is 6.95. The molecule has 33 heavy (non-hydrogen) atoms. The number of allylic oxidation sites excluding steroid dienone is 2. The smallest absolute Gasteiger partial charge is 0.323 e. The molecule has 0 aliphatic carbocycles. The molecule has 0 fully saturated rings. The Morgan fingerprint density at radius 2 is 1.18 bits per heavy atom. The largest absolute Gasteiger partial charge is 0.397 e. The highest BCUT2D eigenvalue weighted by molar-refractivity contribution is 7.80. The molecule has 0 aromatic heterocycles. The third-order valence-electron chi connectivity index (χ3n) is 6.53. The fourth-order valence-corrected chi connectivity index (χ4v) is 4.01. The van der Waals surface area contributed by atoms with E-state index < -0.39 is 10.4 Å². The topological polar surface area (TPSA) is 75.6 Å². The molecule has 0 aromatic carbocycles. The monoisotopic (exact) mass is 493 g/mol. The Labute approximate surface area is 207 Å². The Kier molecular flexibility index (Phi) is 25.9. The summed E-state index contributed by atoms with van der Waals surface area (Å²) in [6, 6.07) is 0. The minimum Gasteiger partial charge on any atom is -0.323 e. The van der Waals surface area contributed by atoms with E-state index in [1.807, 2.05) is 0 Å². The normalized spacial score (nSPS) is 12.2. The van der Waals surface area contributed by atoms with Crippen LogP contribution in [-0.4, -0.2) is 64.3 Å². The van der Waals surface area contributed by atoms with E-state index in [0.717, 1.165) is 13.7 Å². The zero-order valence-electron chi connectivity index (χ0n) is 22.6. The van der Waals surface area contributed by atoms with Gasteiger partial charge in [-0.05, 0) is 59.4 Å². The Bertz CT molecular complexity index is 520. The molecule has 0 saturated heterocycles. The fraction of sp³-hybridized carbons (Fsp3) is 0.923. The van der Waals surface area contributed by atoms with Gasteiger partial charge in [-0.3, -0.25) is 8.74 Å². The van der Waals surface area contributed by atoms with Crippen LogP contribution >= 0.6 is 0 Å². The van der Waals surface area contributed by atoms with Crippen LogP contribution in [0.5, 0.6) is 0 Å². The molecular weight excluding hydrogens is 436 g/mol. The van der Waals surface area contributed by atoms with E-state index in [9.17, 15) is 8.42 Å². The van der Waals surface area contributed by atoms with Crippen molar-refractivity contribution in [2.45, 2.75) is 111 Å². The number of likely N-dealkylation sites (N-methyl/N-ethyl adjacent to an activating group) is 2. The van der Waals surface area contributed by atoms with Crippen molar-refractivity contribution in [3.05, 3.63) is 12.2 Å². The maximum Gasteiger partial charge on any atom is 0.397 e. The molecule has 0 radical (unpaired) electrons. The molecule has 0 spiro atoms. The van der Waals surface area contributed by atoms with Gasteiger partial charge in [-0.25, -0.2) is 0 Å². The third kappa shape index (κ3) is 26.0. The first-order chi connectivity index (χ1) is 15.8. The van der Waals surface area contributed by atoms with Crippen LogP contribution in [0.2, 0.25) is 0 Å². The summed E-state index contributed by atoms with van der Waals surface area (Å²) in [7, 11) is -1.22. The van der Waals surface area contributed by atoms with Crippen molar-refractivity contribution in [1.29, 1.82) is 0 Å². The van der Waals surface area contributed by atoms with Crippen LogP contribution in [0.25, 0.3) is 0 Å². The predicted molar refractivity (Wildman–Crippen MR) is 143 cm³/mol. The molecule has 0 heterocycles. The molecule has 6 nitrogen and oxygen atoms in total. The molecule has 0 rings (SSSR count). The molecule has 0 unspecified atom stereocenters. The lowest BCUT2D eigenvalue weighted by atomic mass is 10.1. The fourth-order valence-electron chi connectivity index (χ4n) is 4.01. The van der Waals surface area contributed by atoms with Gasteiger partial charge in [-0.1, -0.05) is 70.4 Å². The van der Waals surface area contributed by atoms with Crippen LogP contribution in [-0.2, 0) is 14.6 Å². The Morgan fingerprint density at radius 1 is 0.758 bits per heavy atom. The van der Waals surface area contributed by atoms with Crippen molar-refractivity contribution >= 4 is 10.4 Å². The summed E-state index contributed by atoms with van der Waals surface area (Å²) in [5.41, 5.74) is 0. The Balaban J connectivity index is 0. The predicted octanol–water partition coefficient (Wildman–Crippen LogP) is 6.54. The first-order valence-corrected chi connectivity index (χ1v) is 14.8. The second-order valence-electron chi connectivity index (χ2n) is 9.06. The van der Waals surface area contributed by atoms with Crippen molar-refractivity contribution in [3.8, 4) is 0 Å². The highest BCUT2D eigenvalue weighted by atomic mass is 32.3. The van der Waals surface area contributed by atoms with Crippen molar-refractivity contribution < 1.29 is 21.6 Å². The van der Waals surface area contributed by atoms with Gasteiger partial charge in [0, 0.05) is 6.54 Å². The van der Waals surface area contributed by atoms with Gasteiger partial charge in [0.2, 0.25) is 0 Å². The van der Waals surface area contributed by atoms with Gasteiger partial charge in [0.25, 0.3) is 0 Å². The number of rotatable bonds is 22. The van der Waals surface area contributed by atoms with E-state index in [4.69, 9.17) is 4.55 Å². The highest BCUT2D eigenvalue weighted by Gasteiger charge is 2.21. The average Bonchev–Trinajstić information content (AvgIpc) is 2.81. The van der Waals surface area contributed by atoms with Crippen LogP contribution < -0.4 is 5.32 Å². The van der Waals surface area contributed by atoms with E-state index in [2.05, 4.69) is 49.5 Å². The maximum atomic E-state index is 9.33. The Hall–Kier alpha value is -0.470. The number of unbranched alkanes of at least 4 members (excludes halogenated alkanes) is 12. The lowest BCUT2D eigenvalue weighted by molar-refractivity contribution is -0.924. The zero-order chi connectivity index (χ0) is 25.3. The quantitative estimate of drug-likeness (QED) is 0.0775. The second-order valence-corrected chi connectivity index (χ2v) is 10.2. The molecule has 0 amide bonds. The SMILES string of the molecule is CCCCCCCC/C=C\CCCCCCCC[N+](CC)(CC)CCNC.COS(=O)(=O)O. The van der Waals surface area contributed by atoms with Crippen LogP contribution in [0, 0.1) is 0 Å². The van der Waals surface area contributed by atoms with Gasteiger partial charge >= 0.3 is 10.4 Å². The van der Waals surface area contributed by atoms with E-state index in [-0.39, 0.29) is 0 Å². The van der Waals surface area contributed by atoms with E-state index in [0.29, 0.717) is 0 Å². The minimum atomic E-state index is -4.16. The number of hydrogen-bond acceptors (Lipinski definition) is 4. The van der Waals surface area contributed by atoms with E-state index >= 15 is 0 Å². The average molecular weight is 494 g/mol. The van der Waals surface area contributed by atoms with E-state index in [1.165, 1.54) is 121 Å². The number of hydrogen-bond donors (Lipinski definition) is 2. The molecule has 0 aromatic rings. The molecule has 0 aliphatic heterocycles. The molecule has 0 atom stereocenters. The van der Waals surface area contributed by atoms with Crippen molar-refractivity contribution in [2.24, 2.45) is 0 Å². The van der Waals surface area contributed by atoms with Gasteiger partial charge in [-0.15, -0.1) is 0 Å². The van der Waals surface area contributed by atoms with Crippen molar-refractivity contribution in [3.63, 3.8) is 0 Å². The van der Waals surface area contributed by atoms with Gasteiger partial charge in [0.1, 0.15) is 0 Å². The summed E-state index contributed by atoms with van der Waals surface area (Å²) in [6.07, 6.45) is 24.4. The second kappa shape index (κ2) is 24.6. The lowest BCUT2D eigenvalue weighted by Gasteiger charge is -2.37. The summed E-state index contributed by atoms with van der Waals surface area (Å²) in [5, 5.41) is 3.33. The first kappa shape index (κ1) is 34.7. The lowest BCUT2D eigenvalue weighted by Crippen LogP contribution is -2.51. The standard InChI is InChI=1S/C25H53N2.CH4O4S/c1-5-8-9-10-11-12-13-14-15-16-17-18-19-20-21-22-24-27(6-2,7-3)25-23-26-4;1-5-6(2,3)4/h14-15,26H,5-13,16-25H2,1-4H3;1H3,(H,2,3,4)/q+1;/b15-14-;. The van der Waals surface area contributed by atoms with E-state index in [1.54, 1.807) is 0 Å². The number of nitrogens with zero attached hydrogens (tertiary/aromatic N) is 1. The molecule has 0 aliphatic rings. The summed E-state index contributed by atoms with van der Waals surface area (Å²) in [6.45, 7) is 13.4.